The molecule has 0 fully saturated rings. The van der Waals surface area contributed by atoms with Crippen LogP contribution in [0, 0.1) is 0 Å². The molecule has 0 aliphatic carbocycles. The molecular weight excluding hydrogens is 454 g/mol. The Kier molecular flexibility index (Phi) is 5.79. The molecule has 1 unspecified atom stereocenters. The molecule has 4 aromatic rings. The van der Waals surface area contributed by atoms with E-state index in [4.69, 9.17) is 20.4 Å². The summed E-state index contributed by atoms with van der Waals surface area (Å²) in [6.45, 7) is 2.77. The highest BCUT2D eigenvalue weighted by Gasteiger charge is 2.47. The molecule has 174 valence electrons. The molecule has 1 aliphatic rings. The fraction of sp³-hybridized carbons (Fsp3) is 0.231. The standard InChI is InChI=1S/C26H24ClN3O4/c1-26(25(32)28-16-18-6-8-19(27)9-7-18)17-29-21(23-5-3-15-34-23)10-11-22(29)24(31)30(26)13-12-20-4-2-14-33-20/h2-11,14-15H,12-13,16-17H2,1H3,(H,28,32). The van der Waals surface area contributed by atoms with Gasteiger partial charge < -0.3 is 23.6 Å². The second-order valence-corrected chi connectivity index (χ2v) is 8.97. The minimum absolute atomic E-state index is 0.209. The zero-order valence-electron chi connectivity index (χ0n) is 18.7. The smallest absolute Gasteiger partial charge is 0.271 e. The lowest BCUT2D eigenvalue weighted by atomic mass is 9.94. The first-order valence-electron chi connectivity index (χ1n) is 11.1. The Bertz CT molecular complexity index is 1290. The molecule has 0 saturated carbocycles. The summed E-state index contributed by atoms with van der Waals surface area (Å²) in [6, 6.07) is 18.3. The minimum atomic E-state index is -1.12. The van der Waals surface area contributed by atoms with Crippen molar-refractivity contribution in [1.29, 1.82) is 0 Å². The summed E-state index contributed by atoms with van der Waals surface area (Å²) in [5.41, 5.74) is 1.08. The van der Waals surface area contributed by atoms with Crippen LogP contribution in [0.15, 0.2) is 82.0 Å². The van der Waals surface area contributed by atoms with Gasteiger partial charge in [0.05, 0.1) is 24.8 Å². The van der Waals surface area contributed by atoms with E-state index in [-0.39, 0.29) is 11.8 Å². The summed E-state index contributed by atoms with van der Waals surface area (Å²) in [5.74, 6) is 0.959. The molecule has 1 aromatic carbocycles. The van der Waals surface area contributed by atoms with Crippen LogP contribution in [0.2, 0.25) is 5.02 Å². The SMILES string of the molecule is CC1(C(=O)NCc2ccc(Cl)cc2)Cn2c(ccc2-c2ccco2)C(=O)N1CCc1ccco1. The third kappa shape index (κ3) is 4.03. The molecular formula is C26H24ClN3O4. The summed E-state index contributed by atoms with van der Waals surface area (Å²) < 4.78 is 12.9. The maximum atomic E-state index is 13.6. The number of nitrogens with zero attached hydrogens (tertiary/aromatic N) is 2. The third-order valence-corrected chi connectivity index (χ3v) is 6.55. The molecule has 34 heavy (non-hydrogen) atoms. The number of benzene rings is 1. The topological polar surface area (TPSA) is 80.6 Å². The van der Waals surface area contributed by atoms with E-state index in [0.29, 0.717) is 42.5 Å². The van der Waals surface area contributed by atoms with Crippen LogP contribution in [-0.2, 0) is 24.3 Å². The average Bonchev–Trinajstić information content (AvgIpc) is 3.60. The second-order valence-electron chi connectivity index (χ2n) is 8.54. The summed E-state index contributed by atoms with van der Waals surface area (Å²) in [5, 5.41) is 3.65. The van der Waals surface area contributed by atoms with E-state index in [1.54, 1.807) is 48.6 Å². The monoisotopic (exact) mass is 477 g/mol. The Morgan fingerprint density at radius 2 is 1.76 bits per heavy atom. The summed E-state index contributed by atoms with van der Waals surface area (Å²) in [7, 11) is 0. The second kappa shape index (κ2) is 8.91. The van der Waals surface area contributed by atoms with Gasteiger partial charge in [0.2, 0.25) is 5.91 Å². The first-order chi connectivity index (χ1) is 16.5. The van der Waals surface area contributed by atoms with Crippen LogP contribution in [0.4, 0.5) is 0 Å². The quantitative estimate of drug-likeness (QED) is 0.416. The van der Waals surface area contributed by atoms with Gasteiger partial charge in [0.15, 0.2) is 0 Å². The highest BCUT2D eigenvalue weighted by atomic mass is 35.5. The lowest BCUT2D eigenvalue weighted by Crippen LogP contribution is -2.64. The molecule has 7 nitrogen and oxygen atoms in total. The number of rotatable bonds is 7. The normalized spacial score (nSPS) is 17.6. The fourth-order valence-electron chi connectivity index (χ4n) is 4.41. The maximum absolute atomic E-state index is 13.6. The van der Waals surface area contributed by atoms with Gasteiger partial charge in [-0.25, -0.2) is 0 Å². The van der Waals surface area contributed by atoms with Crippen molar-refractivity contribution >= 4 is 23.4 Å². The van der Waals surface area contributed by atoms with Gasteiger partial charge in [-0.1, -0.05) is 23.7 Å². The number of aromatic nitrogens is 1. The Balaban J connectivity index is 1.46. The lowest BCUT2D eigenvalue weighted by molar-refractivity contribution is -0.133. The Morgan fingerprint density at radius 1 is 1.03 bits per heavy atom. The largest absolute Gasteiger partial charge is 0.469 e. The van der Waals surface area contributed by atoms with Crippen molar-refractivity contribution in [2.75, 3.05) is 6.54 Å². The Hall–Kier alpha value is -3.71. The van der Waals surface area contributed by atoms with Gasteiger partial charge in [0.25, 0.3) is 5.91 Å². The van der Waals surface area contributed by atoms with Crippen LogP contribution in [0.5, 0.6) is 0 Å². The van der Waals surface area contributed by atoms with E-state index in [1.165, 1.54) is 0 Å². The van der Waals surface area contributed by atoms with Crippen LogP contribution in [0.1, 0.15) is 28.7 Å². The minimum Gasteiger partial charge on any atom is -0.469 e. The average molecular weight is 478 g/mol. The van der Waals surface area contributed by atoms with Gasteiger partial charge in [0, 0.05) is 24.5 Å². The van der Waals surface area contributed by atoms with Gasteiger partial charge in [-0.15, -0.1) is 0 Å². The van der Waals surface area contributed by atoms with E-state index in [1.807, 2.05) is 41.0 Å². The number of furan rings is 2. The lowest BCUT2D eigenvalue weighted by Gasteiger charge is -2.44. The fourth-order valence-corrected chi connectivity index (χ4v) is 4.54. The zero-order valence-corrected chi connectivity index (χ0v) is 19.4. The van der Waals surface area contributed by atoms with Gasteiger partial charge in [-0.3, -0.25) is 9.59 Å². The molecule has 0 saturated heterocycles. The number of carbonyl (C=O) groups is 2. The van der Waals surface area contributed by atoms with Crippen molar-refractivity contribution in [2.45, 2.75) is 32.0 Å². The number of hydrogen-bond acceptors (Lipinski definition) is 4. The Morgan fingerprint density at radius 3 is 2.47 bits per heavy atom. The number of halogens is 1. The molecule has 0 bridgehead atoms. The van der Waals surface area contributed by atoms with Crippen molar-refractivity contribution in [3.05, 3.63) is 95.2 Å². The molecule has 1 atom stereocenters. The van der Waals surface area contributed by atoms with Crippen molar-refractivity contribution in [3.63, 3.8) is 0 Å². The molecule has 3 aromatic heterocycles. The van der Waals surface area contributed by atoms with E-state index in [0.717, 1.165) is 17.0 Å². The molecule has 5 rings (SSSR count). The molecule has 0 spiro atoms. The van der Waals surface area contributed by atoms with E-state index in [2.05, 4.69) is 5.32 Å². The summed E-state index contributed by atoms with van der Waals surface area (Å²) >= 11 is 5.98. The van der Waals surface area contributed by atoms with Crippen molar-refractivity contribution in [2.24, 2.45) is 0 Å². The number of hydrogen-bond donors (Lipinski definition) is 1. The highest BCUT2D eigenvalue weighted by molar-refractivity contribution is 6.30. The highest BCUT2D eigenvalue weighted by Crippen LogP contribution is 2.33. The van der Waals surface area contributed by atoms with E-state index < -0.39 is 5.54 Å². The van der Waals surface area contributed by atoms with E-state index in [9.17, 15) is 9.59 Å². The molecule has 4 heterocycles. The predicted octanol–water partition coefficient (Wildman–Crippen LogP) is 4.77. The van der Waals surface area contributed by atoms with Crippen molar-refractivity contribution in [1.82, 2.24) is 14.8 Å². The summed E-state index contributed by atoms with van der Waals surface area (Å²) in [6.07, 6.45) is 3.70. The summed E-state index contributed by atoms with van der Waals surface area (Å²) in [4.78, 5) is 28.9. The van der Waals surface area contributed by atoms with Crippen LogP contribution in [0.25, 0.3) is 11.5 Å². The molecule has 1 aliphatic heterocycles. The first kappa shape index (κ1) is 22.1. The van der Waals surface area contributed by atoms with Gasteiger partial charge in [0.1, 0.15) is 22.8 Å². The number of fused-ring (bicyclic) bond motifs is 1. The number of amides is 2. The van der Waals surface area contributed by atoms with Crippen LogP contribution >= 0.6 is 11.6 Å². The first-order valence-corrected chi connectivity index (χ1v) is 11.4. The van der Waals surface area contributed by atoms with Gasteiger partial charge >= 0.3 is 0 Å². The van der Waals surface area contributed by atoms with Gasteiger partial charge in [-0.2, -0.15) is 0 Å². The van der Waals surface area contributed by atoms with Gasteiger partial charge in [-0.05, 0) is 61.0 Å². The van der Waals surface area contributed by atoms with Crippen LogP contribution < -0.4 is 5.32 Å². The van der Waals surface area contributed by atoms with E-state index >= 15 is 0 Å². The van der Waals surface area contributed by atoms with Crippen molar-refractivity contribution in [3.8, 4) is 11.5 Å². The zero-order chi connectivity index (χ0) is 23.7. The Labute approximate surface area is 201 Å². The van der Waals surface area contributed by atoms with Crippen LogP contribution in [-0.4, -0.2) is 33.4 Å². The van der Waals surface area contributed by atoms with Crippen molar-refractivity contribution < 1.29 is 18.4 Å². The maximum Gasteiger partial charge on any atom is 0.271 e. The molecule has 1 N–H and O–H groups in total. The number of nitrogens with one attached hydrogen (secondary N) is 1. The van der Waals surface area contributed by atoms with Crippen LogP contribution in [0.3, 0.4) is 0 Å². The molecule has 8 heteroatoms. The predicted molar refractivity (Wildman–Crippen MR) is 127 cm³/mol. The molecule has 2 amide bonds. The molecule has 0 radical (unpaired) electrons. The third-order valence-electron chi connectivity index (χ3n) is 6.30. The number of carbonyl (C=O) groups excluding carboxylic acids is 2.